The monoisotopic (exact) mass is 365 g/mol. The van der Waals surface area contributed by atoms with Crippen molar-refractivity contribution in [2.75, 3.05) is 44.7 Å². The Bertz CT molecular complexity index is 860. The minimum atomic E-state index is 0.652. The lowest BCUT2D eigenvalue weighted by molar-refractivity contribution is 0.248. The molecule has 1 aliphatic heterocycles. The van der Waals surface area contributed by atoms with Gasteiger partial charge in [-0.1, -0.05) is 35.5 Å². The minimum Gasteiger partial charge on any atom is -0.497 e. The van der Waals surface area contributed by atoms with Crippen molar-refractivity contribution in [2.45, 2.75) is 6.42 Å². The molecule has 0 amide bonds. The summed E-state index contributed by atoms with van der Waals surface area (Å²) in [5.74, 6) is 3.15. The van der Waals surface area contributed by atoms with Gasteiger partial charge < -0.3 is 14.2 Å². The van der Waals surface area contributed by atoms with Gasteiger partial charge in [0.1, 0.15) is 11.6 Å². The molecular weight excluding hydrogens is 342 g/mol. The molecule has 0 N–H and O–H groups in total. The van der Waals surface area contributed by atoms with E-state index >= 15 is 0 Å². The molecule has 0 atom stereocenters. The van der Waals surface area contributed by atoms with Crippen LogP contribution in [0.15, 0.2) is 53.2 Å². The molecule has 7 nitrogen and oxygen atoms in total. The Balaban J connectivity index is 1.28. The molecular formula is C20H23N5O2. The van der Waals surface area contributed by atoms with Gasteiger partial charge in [-0.25, -0.2) is 4.98 Å². The number of anilines is 1. The molecule has 0 bridgehead atoms. The van der Waals surface area contributed by atoms with Crippen LogP contribution in [0.2, 0.25) is 0 Å². The predicted molar refractivity (Wildman–Crippen MR) is 103 cm³/mol. The number of nitrogens with zero attached hydrogens (tertiary/aromatic N) is 5. The maximum atomic E-state index is 5.40. The Kier molecular flexibility index (Phi) is 5.29. The first-order valence-electron chi connectivity index (χ1n) is 9.17. The predicted octanol–water partition coefficient (Wildman–Crippen LogP) is 2.50. The van der Waals surface area contributed by atoms with Crippen molar-refractivity contribution in [1.82, 2.24) is 20.0 Å². The highest BCUT2D eigenvalue weighted by atomic mass is 16.5. The molecule has 0 saturated carbocycles. The lowest BCUT2D eigenvalue weighted by Gasteiger charge is -2.35. The third-order valence-electron chi connectivity index (χ3n) is 4.79. The topological polar surface area (TPSA) is 67.5 Å². The largest absolute Gasteiger partial charge is 0.497 e. The standard InChI is InChI=1S/C20H23N5O2/c1-26-17-7-9-21-18(15-17)25-13-11-24(12-14-25)10-8-19-22-20(23-27-19)16-5-3-2-4-6-16/h2-7,9,15H,8,10-14H2,1H3. The fourth-order valence-electron chi connectivity index (χ4n) is 3.21. The molecule has 0 spiro atoms. The van der Waals surface area contributed by atoms with Crippen LogP contribution in [-0.4, -0.2) is 59.9 Å². The van der Waals surface area contributed by atoms with E-state index in [2.05, 4.69) is 24.9 Å². The zero-order chi connectivity index (χ0) is 18.5. The van der Waals surface area contributed by atoms with Crippen molar-refractivity contribution in [3.63, 3.8) is 0 Å². The second-order valence-corrected chi connectivity index (χ2v) is 6.51. The number of ether oxygens (including phenoxy) is 1. The summed E-state index contributed by atoms with van der Waals surface area (Å²) in [6, 6.07) is 13.8. The highest BCUT2D eigenvalue weighted by molar-refractivity contribution is 5.53. The molecule has 3 aromatic rings. The first-order chi connectivity index (χ1) is 13.3. The van der Waals surface area contributed by atoms with Gasteiger partial charge in [0.15, 0.2) is 0 Å². The number of hydrogen-bond donors (Lipinski definition) is 0. The summed E-state index contributed by atoms with van der Waals surface area (Å²) in [6.45, 7) is 4.77. The molecule has 1 aromatic carbocycles. The third kappa shape index (κ3) is 4.25. The van der Waals surface area contributed by atoms with Gasteiger partial charge in [-0.3, -0.25) is 4.90 Å². The fraction of sp³-hybridized carbons (Fsp3) is 0.350. The number of hydrogen-bond acceptors (Lipinski definition) is 7. The smallest absolute Gasteiger partial charge is 0.228 e. The average Bonchev–Trinajstić information content (AvgIpc) is 3.22. The van der Waals surface area contributed by atoms with Gasteiger partial charge in [-0.2, -0.15) is 4.98 Å². The number of piperazine rings is 1. The zero-order valence-corrected chi connectivity index (χ0v) is 15.4. The Morgan fingerprint density at radius 1 is 1.07 bits per heavy atom. The zero-order valence-electron chi connectivity index (χ0n) is 15.4. The molecule has 1 fully saturated rings. The molecule has 4 rings (SSSR count). The van der Waals surface area contributed by atoms with E-state index in [-0.39, 0.29) is 0 Å². The first-order valence-corrected chi connectivity index (χ1v) is 9.17. The average molecular weight is 365 g/mol. The second-order valence-electron chi connectivity index (χ2n) is 6.51. The summed E-state index contributed by atoms with van der Waals surface area (Å²) in [5, 5.41) is 4.09. The number of rotatable bonds is 6. The maximum Gasteiger partial charge on any atom is 0.228 e. The molecule has 1 aliphatic rings. The van der Waals surface area contributed by atoms with Crippen LogP contribution in [0.25, 0.3) is 11.4 Å². The van der Waals surface area contributed by atoms with Gasteiger partial charge in [0, 0.05) is 57.0 Å². The van der Waals surface area contributed by atoms with Crippen molar-refractivity contribution in [1.29, 1.82) is 0 Å². The van der Waals surface area contributed by atoms with E-state index in [0.717, 1.165) is 56.3 Å². The van der Waals surface area contributed by atoms with Crippen LogP contribution in [0, 0.1) is 0 Å². The summed E-state index contributed by atoms with van der Waals surface area (Å²) in [6.07, 6.45) is 2.55. The summed E-state index contributed by atoms with van der Waals surface area (Å²) < 4.78 is 10.7. The van der Waals surface area contributed by atoms with Gasteiger partial charge in [-0.05, 0) is 6.07 Å². The molecule has 7 heteroatoms. The van der Waals surface area contributed by atoms with E-state index in [9.17, 15) is 0 Å². The maximum absolute atomic E-state index is 5.40. The van der Waals surface area contributed by atoms with Crippen LogP contribution in [0.1, 0.15) is 5.89 Å². The highest BCUT2D eigenvalue weighted by Gasteiger charge is 2.19. The molecule has 3 heterocycles. The van der Waals surface area contributed by atoms with Crippen LogP contribution < -0.4 is 9.64 Å². The molecule has 27 heavy (non-hydrogen) atoms. The molecule has 0 unspecified atom stereocenters. The fourth-order valence-corrected chi connectivity index (χ4v) is 3.21. The van der Waals surface area contributed by atoms with E-state index in [1.54, 1.807) is 13.3 Å². The van der Waals surface area contributed by atoms with Crippen molar-refractivity contribution < 1.29 is 9.26 Å². The summed E-state index contributed by atoms with van der Waals surface area (Å²) in [5.41, 5.74) is 0.979. The van der Waals surface area contributed by atoms with Gasteiger partial charge in [0.25, 0.3) is 0 Å². The summed E-state index contributed by atoms with van der Waals surface area (Å²) in [7, 11) is 1.68. The quantitative estimate of drug-likeness (QED) is 0.665. The van der Waals surface area contributed by atoms with Gasteiger partial charge in [0.2, 0.25) is 11.7 Å². The lowest BCUT2D eigenvalue weighted by atomic mass is 10.2. The van der Waals surface area contributed by atoms with E-state index in [1.807, 2.05) is 42.5 Å². The van der Waals surface area contributed by atoms with E-state index < -0.39 is 0 Å². The van der Waals surface area contributed by atoms with E-state index in [4.69, 9.17) is 9.26 Å². The van der Waals surface area contributed by atoms with Crippen molar-refractivity contribution in [2.24, 2.45) is 0 Å². The lowest BCUT2D eigenvalue weighted by Crippen LogP contribution is -2.47. The van der Waals surface area contributed by atoms with Crippen molar-refractivity contribution in [3.8, 4) is 17.1 Å². The minimum absolute atomic E-state index is 0.652. The van der Waals surface area contributed by atoms with Gasteiger partial charge in [0.05, 0.1) is 7.11 Å². The van der Waals surface area contributed by atoms with Gasteiger partial charge in [-0.15, -0.1) is 0 Å². The summed E-state index contributed by atoms with van der Waals surface area (Å²) in [4.78, 5) is 13.7. The first kappa shape index (κ1) is 17.5. The molecule has 1 saturated heterocycles. The van der Waals surface area contributed by atoms with Crippen molar-refractivity contribution >= 4 is 5.82 Å². The Labute approximate surface area is 158 Å². The molecule has 0 radical (unpaired) electrons. The summed E-state index contributed by atoms with van der Waals surface area (Å²) >= 11 is 0. The number of benzene rings is 1. The normalized spacial score (nSPS) is 15.1. The van der Waals surface area contributed by atoms with Crippen LogP contribution in [0.5, 0.6) is 5.75 Å². The number of aromatic nitrogens is 3. The van der Waals surface area contributed by atoms with Crippen LogP contribution in [0.4, 0.5) is 5.82 Å². The Morgan fingerprint density at radius 3 is 2.67 bits per heavy atom. The third-order valence-corrected chi connectivity index (χ3v) is 4.79. The Morgan fingerprint density at radius 2 is 1.89 bits per heavy atom. The molecule has 0 aliphatic carbocycles. The van der Waals surface area contributed by atoms with Crippen LogP contribution in [-0.2, 0) is 6.42 Å². The number of pyridine rings is 1. The van der Waals surface area contributed by atoms with Crippen LogP contribution in [0.3, 0.4) is 0 Å². The number of methoxy groups -OCH3 is 1. The second kappa shape index (κ2) is 8.18. The van der Waals surface area contributed by atoms with E-state index in [1.165, 1.54) is 0 Å². The van der Waals surface area contributed by atoms with E-state index in [0.29, 0.717) is 11.7 Å². The van der Waals surface area contributed by atoms with Gasteiger partial charge >= 0.3 is 0 Å². The molecule has 140 valence electrons. The SMILES string of the molecule is COc1ccnc(N2CCN(CCc3nc(-c4ccccc4)no3)CC2)c1. The van der Waals surface area contributed by atoms with Crippen LogP contribution >= 0.6 is 0 Å². The molecule has 2 aromatic heterocycles. The van der Waals surface area contributed by atoms with Crippen molar-refractivity contribution in [3.05, 3.63) is 54.6 Å². The highest BCUT2D eigenvalue weighted by Crippen LogP contribution is 2.19. The Hall–Kier alpha value is -2.93.